The Morgan fingerprint density at radius 3 is 2.59 bits per heavy atom. The SMILES string of the molecule is CCOC(=O)C1=C(C)N=c2s/c(=C\c3cc([N+](=O)[O-])ccc3O)c(=O)n2[C@@H]1c1ccc(OC(C)C)cc1. The topological polar surface area (TPSA) is 133 Å². The third kappa shape index (κ3) is 5.17. The number of hydrogen-bond acceptors (Lipinski definition) is 9. The quantitative estimate of drug-likeness (QED) is 0.286. The number of hydrogen-bond donors (Lipinski definition) is 1. The van der Waals surface area contributed by atoms with Crippen LogP contribution >= 0.6 is 11.3 Å². The molecule has 10 nitrogen and oxygen atoms in total. The first-order valence-electron chi connectivity index (χ1n) is 11.5. The molecule has 0 saturated heterocycles. The summed E-state index contributed by atoms with van der Waals surface area (Å²) in [6, 6.07) is 9.85. The summed E-state index contributed by atoms with van der Waals surface area (Å²) in [7, 11) is 0. The van der Waals surface area contributed by atoms with Gasteiger partial charge in [0.2, 0.25) is 0 Å². The predicted octanol–water partition coefficient (Wildman–Crippen LogP) is 3.20. The fourth-order valence-corrected chi connectivity index (χ4v) is 5.06. The van der Waals surface area contributed by atoms with Crippen molar-refractivity contribution in [2.45, 2.75) is 39.8 Å². The smallest absolute Gasteiger partial charge is 0.338 e. The predicted molar refractivity (Wildman–Crippen MR) is 137 cm³/mol. The Morgan fingerprint density at radius 2 is 1.97 bits per heavy atom. The summed E-state index contributed by atoms with van der Waals surface area (Å²) in [4.78, 5) is 42.1. The Morgan fingerprint density at radius 1 is 1.27 bits per heavy atom. The first-order chi connectivity index (χ1) is 17.6. The van der Waals surface area contributed by atoms with E-state index in [-0.39, 0.29) is 39.8 Å². The number of esters is 1. The molecule has 0 amide bonds. The monoisotopic (exact) mass is 523 g/mol. The number of nitro groups is 1. The number of ether oxygens (including phenoxy) is 2. The lowest BCUT2D eigenvalue weighted by Crippen LogP contribution is -2.39. The molecule has 3 aromatic rings. The number of aromatic nitrogens is 1. The zero-order valence-corrected chi connectivity index (χ0v) is 21.4. The van der Waals surface area contributed by atoms with Gasteiger partial charge in [0, 0.05) is 17.7 Å². The molecule has 1 atom stereocenters. The van der Waals surface area contributed by atoms with Gasteiger partial charge >= 0.3 is 5.97 Å². The van der Waals surface area contributed by atoms with Crippen LogP contribution < -0.4 is 19.6 Å². The average Bonchev–Trinajstić information content (AvgIpc) is 3.14. The molecule has 1 aliphatic rings. The van der Waals surface area contributed by atoms with Crippen molar-refractivity contribution in [2.24, 2.45) is 4.99 Å². The molecule has 1 aliphatic heterocycles. The van der Waals surface area contributed by atoms with E-state index in [9.17, 15) is 24.8 Å². The van der Waals surface area contributed by atoms with Gasteiger partial charge in [-0.3, -0.25) is 19.5 Å². The van der Waals surface area contributed by atoms with Crippen molar-refractivity contribution in [3.63, 3.8) is 0 Å². The fourth-order valence-electron chi connectivity index (χ4n) is 4.02. The summed E-state index contributed by atoms with van der Waals surface area (Å²) in [5.41, 5.74) is 0.732. The molecule has 1 N–H and O–H groups in total. The maximum Gasteiger partial charge on any atom is 0.338 e. The molecule has 0 saturated carbocycles. The van der Waals surface area contributed by atoms with Gasteiger partial charge in [-0.05, 0) is 57.5 Å². The molecule has 0 aliphatic carbocycles. The number of allylic oxidation sites excluding steroid dienone is 1. The van der Waals surface area contributed by atoms with Crippen LogP contribution in [-0.2, 0) is 9.53 Å². The minimum Gasteiger partial charge on any atom is -0.507 e. The van der Waals surface area contributed by atoms with Gasteiger partial charge in [0.25, 0.3) is 11.2 Å². The number of aromatic hydroxyl groups is 1. The van der Waals surface area contributed by atoms with Gasteiger partial charge in [0.05, 0.1) is 39.5 Å². The Hall–Kier alpha value is -4.25. The van der Waals surface area contributed by atoms with Crippen LogP contribution in [0.1, 0.15) is 44.9 Å². The lowest BCUT2D eigenvalue weighted by atomic mass is 9.96. The Kier molecular flexibility index (Phi) is 7.25. The lowest BCUT2D eigenvalue weighted by Gasteiger charge is -2.25. The highest BCUT2D eigenvalue weighted by atomic mass is 32.1. The van der Waals surface area contributed by atoms with Gasteiger partial charge in [-0.1, -0.05) is 23.5 Å². The van der Waals surface area contributed by atoms with E-state index in [0.717, 1.165) is 11.3 Å². The average molecular weight is 524 g/mol. The number of nitrogens with zero attached hydrogens (tertiary/aromatic N) is 3. The summed E-state index contributed by atoms with van der Waals surface area (Å²) in [5.74, 6) is -0.148. The van der Waals surface area contributed by atoms with Crippen molar-refractivity contribution in [1.29, 1.82) is 0 Å². The van der Waals surface area contributed by atoms with Crippen molar-refractivity contribution < 1.29 is 24.3 Å². The molecule has 0 unspecified atom stereocenters. The summed E-state index contributed by atoms with van der Waals surface area (Å²) in [6.07, 6.45) is 1.36. The van der Waals surface area contributed by atoms with E-state index in [1.807, 2.05) is 13.8 Å². The van der Waals surface area contributed by atoms with Gasteiger partial charge in [0.15, 0.2) is 4.80 Å². The maximum atomic E-state index is 13.6. The standard InChI is InChI=1S/C26H25N3O7S/c1-5-35-25(32)22-15(4)27-26-28(23(22)16-6-9-19(10-7-16)36-14(2)3)24(31)21(37-26)13-17-12-18(29(33)34)8-11-20(17)30/h6-14,23,30H,5H2,1-4H3/b21-13-/t23-/m1/s1. The Balaban J connectivity index is 1.92. The largest absolute Gasteiger partial charge is 0.507 e. The lowest BCUT2D eigenvalue weighted by molar-refractivity contribution is -0.384. The highest BCUT2D eigenvalue weighted by Gasteiger charge is 2.33. The fraction of sp³-hybridized carbons (Fsp3) is 0.269. The van der Waals surface area contributed by atoms with Crippen molar-refractivity contribution in [3.05, 3.63) is 94.7 Å². The molecular weight excluding hydrogens is 498 g/mol. The number of carbonyl (C=O) groups is 1. The molecule has 11 heteroatoms. The Labute approximate surface area is 215 Å². The van der Waals surface area contributed by atoms with E-state index in [1.54, 1.807) is 38.1 Å². The zero-order chi connectivity index (χ0) is 26.9. The Bertz CT molecular complexity index is 1580. The number of nitro benzene ring substituents is 1. The van der Waals surface area contributed by atoms with E-state index in [1.165, 1.54) is 28.8 Å². The first-order valence-corrected chi connectivity index (χ1v) is 12.4. The number of phenols is 1. The van der Waals surface area contributed by atoms with E-state index in [2.05, 4.69) is 4.99 Å². The minimum atomic E-state index is -0.816. The molecule has 1 aromatic heterocycles. The number of thiazole rings is 1. The van der Waals surface area contributed by atoms with E-state index < -0.39 is 22.5 Å². The summed E-state index contributed by atoms with van der Waals surface area (Å²) in [6.45, 7) is 7.35. The summed E-state index contributed by atoms with van der Waals surface area (Å²) in [5, 5.41) is 21.4. The molecule has 0 fully saturated rings. The van der Waals surface area contributed by atoms with Crippen LogP contribution in [0.4, 0.5) is 5.69 Å². The van der Waals surface area contributed by atoms with E-state index >= 15 is 0 Å². The summed E-state index contributed by atoms with van der Waals surface area (Å²) >= 11 is 1.06. The maximum absolute atomic E-state index is 13.6. The van der Waals surface area contributed by atoms with Crippen molar-refractivity contribution in [2.75, 3.05) is 6.61 Å². The van der Waals surface area contributed by atoms with Crippen LogP contribution in [0.5, 0.6) is 11.5 Å². The molecule has 37 heavy (non-hydrogen) atoms. The second-order valence-electron chi connectivity index (χ2n) is 8.54. The number of fused-ring (bicyclic) bond motifs is 1. The number of carbonyl (C=O) groups excluding carboxylic acids is 1. The molecule has 0 radical (unpaired) electrons. The van der Waals surface area contributed by atoms with Crippen LogP contribution in [0, 0.1) is 10.1 Å². The third-order valence-corrected chi connectivity index (χ3v) is 6.58. The number of benzene rings is 2. The third-order valence-electron chi connectivity index (χ3n) is 5.59. The molecule has 0 bridgehead atoms. The number of phenolic OH excluding ortho intramolecular Hbond substituents is 1. The van der Waals surface area contributed by atoms with Crippen molar-refractivity contribution in [3.8, 4) is 11.5 Å². The van der Waals surface area contributed by atoms with Crippen molar-refractivity contribution >= 4 is 29.1 Å². The molecule has 2 aromatic carbocycles. The van der Waals surface area contributed by atoms with Gasteiger partial charge in [-0.2, -0.15) is 0 Å². The molecule has 2 heterocycles. The van der Waals surface area contributed by atoms with Crippen LogP contribution in [0.15, 0.2) is 63.5 Å². The number of non-ortho nitro benzene ring substituents is 1. The summed E-state index contributed by atoms with van der Waals surface area (Å²) < 4.78 is 12.6. The van der Waals surface area contributed by atoms with E-state index in [0.29, 0.717) is 21.8 Å². The molecular formula is C26H25N3O7S. The van der Waals surface area contributed by atoms with Crippen LogP contribution in [0.2, 0.25) is 0 Å². The highest BCUT2D eigenvalue weighted by Crippen LogP contribution is 2.32. The van der Waals surface area contributed by atoms with Crippen LogP contribution in [0.3, 0.4) is 0 Å². The normalized spacial score (nSPS) is 15.4. The van der Waals surface area contributed by atoms with Crippen LogP contribution in [-0.4, -0.2) is 33.3 Å². The van der Waals surface area contributed by atoms with E-state index in [4.69, 9.17) is 9.47 Å². The number of rotatable bonds is 7. The van der Waals surface area contributed by atoms with Gasteiger partial charge < -0.3 is 14.6 Å². The molecule has 192 valence electrons. The molecule has 0 spiro atoms. The van der Waals surface area contributed by atoms with Gasteiger partial charge in [0.1, 0.15) is 11.5 Å². The second kappa shape index (κ2) is 10.4. The second-order valence-corrected chi connectivity index (χ2v) is 9.55. The highest BCUT2D eigenvalue weighted by molar-refractivity contribution is 7.07. The van der Waals surface area contributed by atoms with Crippen molar-refractivity contribution in [1.82, 2.24) is 4.57 Å². The minimum absolute atomic E-state index is 0.0222. The first kappa shape index (κ1) is 25.8. The van der Waals surface area contributed by atoms with Crippen LogP contribution in [0.25, 0.3) is 6.08 Å². The molecule has 4 rings (SSSR count). The van der Waals surface area contributed by atoms with Gasteiger partial charge in [-0.15, -0.1) is 0 Å². The zero-order valence-electron chi connectivity index (χ0n) is 20.6. The van der Waals surface area contributed by atoms with Gasteiger partial charge in [-0.25, -0.2) is 9.79 Å².